The average Bonchev–Trinajstić information content (AvgIpc) is 2.64. The van der Waals surface area contributed by atoms with E-state index in [9.17, 15) is 8.42 Å². The molecule has 0 bridgehead atoms. The van der Waals surface area contributed by atoms with Gasteiger partial charge in [-0.1, -0.05) is 0 Å². The van der Waals surface area contributed by atoms with Crippen molar-refractivity contribution in [1.29, 1.82) is 0 Å². The second-order valence-corrected chi connectivity index (χ2v) is 4.96. The Kier molecular flexibility index (Phi) is 2.75. The lowest BCUT2D eigenvalue weighted by Gasteiger charge is -2.05. The molecule has 0 atom stereocenters. The van der Waals surface area contributed by atoms with E-state index < -0.39 is 10.0 Å². The Hall–Kier alpha value is -1.67. The number of nitrogens with one attached hydrogen (secondary N) is 1. The van der Waals surface area contributed by atoms with Gasteiger partial charge in [0.1, 0.15) is 5.52 Å². The van der Waals surface area contributed by atoms with Crippen molar-refractivity contribution in [1.82, 2.24) is 14.6 Å². The summed E-state index contributed by atoms with van der Waals surface area (Å²) in [5, 5.41) is 11.8. The first-order chi connectivity index (χ1) is 7.56. The highest BCUT2D eigenvalue weighted by Gasteiger charge is 2.05. The van der Waals surface area contributed by atoms with Gasteiger partial charge in [-0.3, -0.25) is 0 Å². The molecule has 2 aromatic rings. The van der Waals surface area contributed by atoms with E-state index in [1.807, 2.05) is 0 Å². The first-order valence-corrected chi connectivity index (χ1v) is 6.30. The smallest absolute Gasteiger partial charge is 0.210 e. The first-order valence-electron chi connectivity index (χ1n) is 4.59. The average molecular weight is 241 g/mol. The molecule has 2 heterocycles. The van der Waals surface area contributed by atoms with E-state index in [0.717, 1.165) is 5.52 Å². The van der Waals surface area contributed by atoms with Gasteiger partial charge in [-0.2, -0.15) is 5.10 Å². The normalized spacial score (nSPS) is 11.8. The van der Waals surface area contributed by atoms with E-state index in [1.54, 1.807) is 29.2 Å². The van der Waals surface area contributed by atoms with E-state index >= 15 is 0 Å². The van der Waals surface area contributed by atoms with Crippen LogP contribution in [0.1, 0.15) is 0 Å². The van der Waals surface area contributed by atoms with Crippen LogP contribution in [0.4, 0.5) is 5.82 Å². The standard InChI is InChI=1S/C8H11N5O2S/c9-16(14,15)6-4-11-8-7-1-2-12-13(7)5-3-10-8/h1-3,5H,4,6H2,(H,10,11)(H2,9,14,15). The molecule has 7 nitrogen and oxygen atoms in total. The first kappa shape index (κ1) is 10.8. The van der Waals surface area contributed by atoms with E-state index in [-0.39, 0.29) is 12.3 Å². The Morgan fingerprint density at radius 1 is 1.44 bits per heavy atom. The third kappa shape index (κ3) is 2.47. The highest BCUT2D eigenvalue weighted by Crippen LogP contribution is 2.11. The van der Waals surface area contributed by atoms with Gasteiger partial charge >= 0.3 is 0 Å². The van der Waals surface area contributed by atoms with Gasteiger partial charge in [0.25, 0.3) is 0 Å². The third-order valence-corrected chi connectivity index (χ3v) is 2.78. The molecule has 2 aromatic heterocycles. The number of aromatic nitrogens is 3. The summed E-state index contributed by atoms with van der Waals surface area (Å²) in [4.78, 5) is 4.09. The molecule has 0 aromatic carbocycles. The minimum atomic E-state index is -3.45. The molecule has 2 rings (SSSR count). The van der Waals surface area contributed by atoms with Crippen LogP contribution in [0.15, 0.2) is 24.7 Å². The summed E-state index contributed by atoms with van der Waals surface area (Å²) in [6.45, 7) is 0.219. The monoisotopic (exact) mass is 241 g/mol. The molecule has 0 saturated heterocycles. The van der Waals surface area contributed by atoms with Crippen molar-refractivity contribution in [2.24, 2.45) is 5.14 Å². The molecule has 0 aliphatic carbocycles. The van der Waals surface area contributed by atoms with Crippen LogP contribution in [0.25, 0.3) is 5.52 Å². The Balaban J connectivity index is 2.12. The molecule has 0 saturated carbocycles. The van der Waals surface area contributed by atoms with Crippen LogP contribution in [-0.2, 0) is 10.0 Å². The quantitative estimate of drug-likeness (QED) is 0.746. The number of rotatable bonds is 4. The fourth-order valence-electron chi connectivity index (χ4n) is 1.31. The summed E-state index contributed by atoms with van der Waals surface area (Å²) in [5.41, 5.74) is 0.789. The molecule has 0 radical (unpaired) electrons. The number of sulfonamides is 1. The van der Waals surface area contributed by atoms with Crippen LogP contribution in [-0.4, -0.2) is 35.3 Å². The molecule has 0 fully saturated rings. The number of nitrogens with two attached hydrogens (primary N) is 1. The minimum absolute atomic E-state index is 0.135. The van der Waals surface area contributed by atoms with E-state index in [1.165, 1.54) is 0 Å². The maximum atomic E-state index is 10.7. The lowest BCUT2D eigenvalue weighted by atomic mass is 10.4. The molecule has 0 spiro atoms. The van der Waals surface area contributed by atoms with Crippen LogP contribution in [0, 0.1) is 0 Å². The number of anilines is 1. The topological polar surface area (TPSA) is 102 Å². The van der Waals surface area contributed by atoms with Gasteiger partial charge in [-0.05, 0) is 6.07 Å². The van der Waals surface area contributed by atoms with Gasteiger partial charge in [0.05, 0.1) is 11.9 Å². The second-order valence-electron chi connectivity index (χ2n) is 3.23. The number of primary sulfonamides is 1. The summed E-state index contributed by atoms with van der Waals surface area (Å²) >= 11 is 0. The van der Waals surface area contributed by atoms with Crippen LogP contribution in [0.3, 0.4) is 0 Å². The van der Waals surface area contributed by atoms with E-state index in [2.05, 4.69) is 15.4 Å². The maximum Gasteiger partial charge on any atom is 0.210 e. The molecule has 8 heteroatoms. The Bertz CT molecular complexity index is 591. The fraction of sp³-hybridized carbons (Fsp3) is 0.250. The van der Waals surface area contributed by atoms with Crippen molar-refractivity contribution in [2.45, 2.75) is 0 Å². The Labute approximate surface area is 92.3 Å². The van der Waals surface area contributed by atoms with Gasteiger partial charge in [-0.15, -0.1) is 0 Å². The van der Waals surface area contributed by atoms with Gasteiger partial charge < -0.3 is 5.32 Å². The summed E-state index contributed by atoms with van der Waals surface area (Å²) < 4.78 is 23.1. The third-order valence-electron chi connectivity index (χ3n) is 2.00. The summed E-state index contributed by atoms with van der Waals surface area (Å²) in [5.74, 6) is 0.452. The Morgan fingerprint density at radius 2 is 2.25 bits per heavy atom. The van der Waals surface area contributed by atoms with E-state index in [0.29, 0.717) is 5.82 Å². The van der Waals surface area contributed by atoms with Gasteiger partial charge in [-0.25, -0.2) is 23.1 Å². The number of hydrogen-bond acceptors (Lipinski definition) is 5. The minimum Gasteiger partial charge on any atom is -0.367 e. The number of fused-ring (bicyclic) bond motifs is 1. The van der Waals surface area contributed by atoms with Gasteiger partial charge in [0.15, 0.2) is 5.82 Å². The molecule has 0 aliphatic rings. The van der Waals surface area contributed by atoms with Gasteiger partial charge in [0, 0.05) is 18.9 Å². The van der Waals surface area contributed by atoms with Crippen molar-refractivity contribution in [3.63, 3.8) is 0 Å². The van der Waals surface area contributed by atoms with Crippen molar-refractivity contribution < 1.29 is 8.42 Å². The molecule has 0 amide bonds. The molecule has 0 aliphatic heterocycles. The van der Waals surface area contributed by atoms with Crippen LogP contribution in [0.2, 0.25) is 0 Å². The lowest BCUT2D eigenvalue weighted by molar-refractivity contribution is 0.598. The number of nitrogens with zero attached hydrogens (tertiary/aromatic N) is 3. The van der Waals surface area contributed by atoms with Gasteiger partial charge in [0.2, 0.25) is 10.0 Å². The van der Waals surface area contributed by atoms with Crippen molar-refractivity contribution in [3.05, 3.63) is 24.7 Å². The zero-order valence-corrected chi connectivity index (χ0v) is 9.18. The number of hydrogen-bond donors (Lipinski definition) is 2. The maximum absolute atomic E-state index is 10.7. The summed E-state index contributed by atoms with van der Waals surface area (Å²) in [6.07, 6.45) is 4.93. The van der Waals surface area contributed by atoms with E-state index in [4.69, 9.17) is 5.14 Å². The lowest BCUT2D eigenvalue weighted by Crippen LogP contribution is -2.22. The summed E-state index contributed by atoms with van der Waals surface area (Å²) in [6, 6.07) is 1.78. The SMILES string of the molecule is NS(=O)(=O)CCNc1nccn2nccc12. The van der Waals surface area contributed by atoms with Crippen LogP contribution in [0.5, 0.6) is 0 Å². The van der Waals surface area contributed by atoms with Crippen LogP contribution < -0.4 is 10.5 Å². The highest BCUT2D eigenvalue weighted by atomic mass is 32.2. The highest BCUT2D eigenvalue weighted by molar-refractivity contribution is 7.89. The Morgan fingerprint density at radius 3 is 3.00 bits per heavy atom. The second kappa shape index (κ2) is 4.06. The molecule has 16 heavy (non-hydrogen) atoms. The van der Waals surface area contributed by atoms with Crippen molar-refractivity contribution in [2.75, 3.05) is 17.6 Å². The summed E-state index contributed by atoms with van der Waals surface area (Å²) in [7, 11) is -3.45. The molecular formula is C8H11N5O2S. The predicted molar refractivity (Wildman–Crippen MR) is 59.5 cm³/mol. The fourth-order valence-corrected chi connectivity index (χ4v) is 1.69. The zero-order valence-electron chi connectivity index (χ0n) is 8.37. The predicted octanol–water partition coefficient (Wildman–Crippen LogP) is -0.570. The molecule has 0 unspecified atom stereocenters. The van der Waals surface area contributed by atoms with Crippen LogP contribution >= 0.6 is 0 Å². The van der Waals surface area contributed by atoms with Crippen molar-refractivity contribution >= 4 is 21.4 Å². The molecular weight excluding hydrogens is 230 g/mol. The largest absolute Gasteiger partial charge is 0.367 e. The van der Waals surface area contributed by atoms with Crippen molar-refractivity contribution in [3.8, 4) is 0 Å². The zero-order chi connectivity index (χ0) is 11.6. The molecule has 3 N–H and O–H groups in total. The molecule has 86 valence electrons.